The van der Waals surface area contributed by atoms with Crippen molar-refractivity contribution in [2.24, 2.45) is 5.73 Å². The maximum absolute atomic E-state index is 13.4. The van der Waals surface area contributed by atoms with Crippen molar-refractivity contribution in [3.8, 4) is 11.8 Å². The van der Waals surface area contributed by atoms with Crippen LogP contribution in [0.3, 0.4) is 0 Å². The van der Waals surface area contributed by atoms with Crippen molar-refractivity contribution in [2.45, 2.75) is 19.6 Å². The van der Waals surface area contributed by atoms with Gasteiger partial charge in [-0.1, -0.05) is 48.0 Å². The van der Waals surface area contributed by atoms with Crippen molar-refractivity contribution >= 4 is 17.5 Å². The van der Waals surface area contributed by atoms with Gasteiger partial charge in [-0.2, -0.15) is 5.26 Å². The molecule has 31 heavy (non-hydrogen) atoms. The summed E-state index contributed by atoms with van der Waals surface area (Å²) in [6.45, 7) is 1.75. The Morgan fingerprint density at radius 1 is 1.03 bits per heavy atom. The molecule has 0 aliphatic rings. The first-order chi connectivity index (χ1) is 15.1. The molecule has 0 aromatic heterocycles. The molecule has 0 aliphatic heterocycles. The highest BCUT2D eigenvalue weighted by Crippen LogP contribution is 2.23. The van der Waals surface area contributed by atoms with E-state index in [2.05, 4.69) is 6.07 Å². The number of ether oxygens (including phenoxy) is 1. The van der Waals surface area contributed by atoms with Crippen molar-refractivity contribution in [1.82, 2.24) is 4.90 Å². The smallest absolute Gasteiger partial charge is 0.257 e. The first kappa shape index (κ1) is 22.4. The van der Waals surface area contributed by atoms with E-state index >= 15 is 0 Å². The summed E-state index contributed by atoms with van der Waals surface area (Å²) in [5.74, 6) is 0.383. The Hall–Kier alpha value is -3.33. The van der Waals surface area contributed by atoms with Crippen LogP contribution in [0.1, 0.15) is 33.5 Å². The summed E-state index contributed by atoms with van der Waals surface area (Å²) in [5, 5.41) is 9.73. The average molecular weight is 434 g/mol. The van der Waals surface area contributed by atoms with Gasteiger partial charge in [0.1, 0.15) is 12.4 Å². The van der Waals surface area contributed by atoms with Gasteiger partial charge < -0.3 is 15.4 Å². The summed E-state index contributed by atoms with van der Waals surface area (Å²) in [7, 11) is 0. The van der Waals surface area contributed by atoms with Gasteiger partial charge in [-0.15, -0.1) is 0 Å². The number of benzene rings is 3. The molecule has 1 amide bonds. The third kappa shape index (κ3) is 6.32. The summed E-state index contributed by atoms with van der Waals surface area (Å²) >= 11 is 5.98. The van der Waals surface area contributed by atoms with E-state index in [1.54, 1.807) is 29.2 Å². The van der Waals surface area contributed by atoms with Crippen LogP contribution in [-0.4, -0.2) is 23.9 Å². The molecule has 0 bridgehead atoms. The lowest BCUT2D eigenvalue weighted by atomic mass is 10.1. The molecule has 0 fully saturated rings. The molecule has 3 rings (SSSR count). The van der Waals surface area contributed by atoms with E-state index in [9.17, 15) is 4.79 Å². The molecule has 0 aliphatic carbocycles. The molecule has 0 saturated carbocycles. The molecule has 3 aromatic rings. The van der Waals surface area contributed by atoms with Crippen molar-refractivity contribution in [2.75, 3.05) is 13.1 Å². The van der Waals surface area contributed by atoms with E-state index in [1.165, 1.54) is 0 Å². The van der Waals surface area contributed by atoms with E-state index in [4.69, 9.17) is 27.3 Å². The van der Waals surface area contributed by atoms with Crippen LogP contribution in [-0.2, 0) is 13.2 Å². The number of carbonyl (C=O) groups is 1. The summed E-state index contributed by atoms with van der Waals surface area (Å²) in [4.78, 5) is 15.2. The molecule has 6 heteroatoms. The van der Waals surface area contributed by atoms with E-state index in [0.717, 1.165) is 11.1 Å². The number of carbonyl (C=O) groups excluding carboxylic acids is 1. The Morgan fingerprint density at radius 3 is 2.55 bits per heavy atom. The summed E-state index contributed by atoms with van der Waals surface area (Å²) in [5.41, 5.74) is 8.60. The van der Waals surface area contributed by atoms with Crippen LogP contribution in [0.25, 0.3) is 0 Å². The van der Waals surface area contributed by atoms with Crippen LogP contribution in [0, 0.1) is 11.3 Å². The number of nitrogens with zero attached hydrogens (tertiary/aromatic N) is 2. The fourth-order valence-corrected chi connectivity index (χ4v) is 3.30. The van der Waals surface area contributed by atoms with Crippen LogP contribution < -0.4 is 10.5 Å². The van der Waals surface area contributed by atoms with Crippen molar-refractivity contribution in [1.29, 1.82) is 5.26 Å². The fourth-order valence-electron chi connectivity index (χ4n) is 3.18. The van der Waals surface area contributed by atoms with Crippen LogP contribution in [0.5, 0.6) is 5.75 Å². The van der Waals surface area contributed by atoms with Crippen LogP contribution in [0.2, 0.25) is 5.02 Å². The number of halogens is 1. The minimum absolute atomic E-state index is 0.121. The zero-order chi connectivity index (χ0) is 22.1. The maximum atomic E-state index is 13.4. The van der Waals surface area contributed by atoms with Gasteiger partial charge in [-0.05, 0) is 60.5 Å². The summed E-state index contributed by atoms with van der Waals surface area (Å²) in [6, 6.07) is 24.0. The van der Waals surface area contributed by atoms with E-state index in [1.807, 2.05) is 48.5 Å². The fraction of sp³-hybridized carbons (Fsp3) is 0.200. The highest BCUT2D eigenvalue weighted by Gasteiger charge is 2.20. The molecule has 0 heterocycles. The lowest BCUT2D eigenvalue weighted by Gasteiger charge is -2.24. The Morgan fingerprint density at radius 2 is 1.81 bits per heavy atom. The molecule has 0 radical (unpaired) electrons. The predicted octanol–water partition coefficient (Wildman–Crippen LogP) is 4.78. The Labute approximate surface area is 187 Å². The van der Waals surface area contributed by atoms with Gasteiger partial charge in [0, 0.05) is 18.1 Å². The highest BCUT2D eigenvalue weighted by atomic mass is 35.5. The number of hydrogen-bond acceptors (Lipinski definition) is 4. The minimum atomic E-state index is -0.121. The van der Waals surface area contributed by atoms with Gasteiger partial charge >= 0.3 is 0 Å². The number of para-hydroxylation sites is 1. The largest absolute Gasteiger partial charge is 0.488 e. The molecule has 158 valence electrons. The van der Waals surface area contributed by atoms with E-state index < -0.39 is 0 Å². The third-order valence-corrected chi connectivity index (χ3v) is 5.03. The minimum Gasteiger partial charge on any atom is -0.488 e. The summed E-state index contributed by atoms with van der Waals surface area (Å²) in [6.07, 6.45) is 0.698. The van der Waals surface area contributed by atoms with Gasteiger partial charge in [-0.3, -0.25) is 4.79 Å². The van der Waals surface area contributed by atoms with Gasteiger partial charge in [0.05, 0.1) is 17.2 Å². The summed E-state index contributed by atoms with van der Waals surface area (Å²) < 4.78 is 5.97. The van der Waals surface area contributed by atoms with Crippen molar-refractivity contribution in [3.05, 3.63) is 100 Å². The quantitative estimate of drug-likeness (QED) is 0.526. The molecule has 3 aromatic carbocycles. The zero-order valence-electron chi connectivity index (χ0n) is 17.1. The van der Waals surface area contributed by atoms with Crippen molar-refractivity contribution in [3.63, 3.8) is 0 Å². The number of hydrogen-bond donors (Lipinski definition) is 1. The van der Waals surface area contributed by atoms with Crippen LogP contribution in [0.15, 0.2) is 72.8 Å². The number of nitriles is 1. The second-order valence-electron chi connectivity index (χ2n) is 7.09. The second-order valence-corrected chi connectivity index (χ2v) is 7.53. The molecule has 0 spiro atoms. The van der Waals surface area contributed by atoms with Crippen LogP contribution >= 0.6 is 11.6 Å². The number of rotatable bonds is 9. The molecular weight excluding hydrogens is 410 g/mol. The molecule has 5 nitrogen and oxygen atoms in total. The van der Waals surface area contributed by atoms with Gasteiger partial charge in [-0.25, -0.2) is 0 Å². The van der Waals surface area contributed by atoms with Crippen LogP contribution in [0.4, 0.5) is 0 Å². The zero-order valence-corrected chi connectivity index (χ0v) is 17.9. The predicted molar refractivity (Wildman–Crippen MR) is 122 cm³/mol. The molecule has 0 atom stereocenters. The maximum Gasteiger partial charge on any atom is 0.257 e. The van der Waals surface area contributed by atoms with Crippen molar-refractivity contribution < 1.29 is 9.53 Å². The number of amides is 1. The first-order valence-corrected chi connectivity index (χ1v) is 10.4. The highest BCUT2D eigenvalue weighted by molar-refractivity contribution is 6.30. The number of nitrogens with two attached hydrogens (primary N) is 1. The molecule has 0 unspecified atom stereocenters. The SMILES string of the molecule is N#Cc1cccc(COc2ccccc2C(=O)N(CCCN)Cc2ccc(Cl)cc2)c1. The monoisotopic (exact) mass is 433 g/mol. The Balaban J connectivity index is 1.79. The normalized spacial score (nSPS) is 10.4. The second kappa shape index (κ2) is 11.2. The Bertz CT molecular complexity index is 1060. The van der Waals surface area contributed by atoms with Gasteiger partial charge in [0.15, 0.2) is 0 Å². The third-order valence-electron chi connectivity index (χ3n) is 4.77. The average Bonchev–Trinajstić information content (AvgIpc) is 2.81. The molecule has 2 N–H and O–H groups in total. The van der Waals surface area contributed by atoms with E-state index in [0.29, 0.717) is 48.0 Å². The molecule has 0 saturated heterocycles. The Kier molecular flexibility index (Phi) is 8.05. The first-order valence-electron chi connectivity index (χ1n) is 10.1. The molecular formula is C25H24ClN3O2. The van der Waals surface area contributed by atoms with Gasteiger partial charge in [0.2, 0.25) is 0 Å². The topological polar surface area (TPSA) is 79.3 Å². The lowest BCUT2D eigenvalue weighted by molar-refractivity contribution is 0.0737. The van der Waals surface area contributed by atoms with Gasteiger partial charge in [0.25, 0.3) is 5.91 Å². The standard InChI is InChI=1S/C25H24ClN3O2/c26-22-11-9-19(10-12-22)17-29(14-4-13-27)25(30)23-7-1-2-8-24(23)31-18-21-6-3-5-20(15-21)16-28/h1-3,5-12,15H,4,13-14,17-18,27H2. The lowest BCUT2D eigenvalue weighted by Crippen LogP contribution is -2.32. The van der Waals surface area contributed by atoms with E-state index in [-0.39, 0.29) is 12.5 Å².